The molecule has 3 heterocycles. The number of aryl methyl sites for hydroxylation is 1. The Morgan fingerprint density at radius 3 is 2.82 bits per heavy atom. The Labute approximate surface area is 126 Å². The van der Waals surface area contributed by atoms with Crippen molar-refractivity contribution in [2.45, 2.75) is 25.3 Å². The van der Waals surface area contributed by atoms with Crippen LogP contribution < -0.4 is 0 Å². The first-order chi connectivity index (χ1) is 10.6. The van der Waals surface area contributed by atoms with Gasteiger partial charge in [0.25, 0.3) is 0 Å². The van der Waals surface area contributed by atoms with Crippen molar-refractivity contribution in [1.29, 1.82) is 0 Å². The van der Waals surface area contributed by atoms with Gasteiger partial charge in [0.2, 0.25) is 0 Å². The van der Waals surface area contributed by atoms with Gasteiger partial charge in [-0.1, -0.05) is 0 Å². The van der Waals surface area contributed by atoms with Crippen molar-refractivity contribution in [3.8, 4) is 11.3 Å². The fourth-order valence-electron chi connectivity index (χ4n) is 2.86. The maximum absolute atomic E-state index is 11.1. The summed E-state index contributed by atoms with van der Waals surface area (Å²) in [5.74, 6) is -0.506. The van der Waals surface area contributed by atoms with Crippen molar-refractivity contribution in [2.75, 3.05) is 0 Å². The second kappa shape index (κ2) is 4.66. The smallest absolute Gasteiger partial charge is 0.325 e. The predicted octanol–water partition coefficient (Wildman–Crippen LogP) is 1.79. The maximum Gasteiger partial charge on any atom is 0.325 e. The minimum Gasteiger partial charge on any atom is -0.480 e. The van der Waals surface area contributed by atoms with E-state index < -0.39 is 5.97 Å². The fraction of sp³-hybridized carbons (Fsp3) is 0.333. The van der Waals surface area contributed by atoms with Crippen molar-refractivity contribution in [2.24, 2.45) is 7.05 Å². The molecule has 4 rings (SSSR count). The van der Waals surface area contributed by atoms with Gasteiger partial charge in [0.15, 0.2) is 5.65 Å². The van der Waals surface area contributed by atoms with E-state index in [-0.39, 0.29) is 6.54 Å². The van der Waals surface area contributed by atoms with E-state index in [4.69, 9.17) is 5.11 Å². The lowest BCUT2D eigenvalue weighted by atomic mass is 10.1. The molecule has 0 atom stereocenters. The first kappa shape index (κ1) is 13.0. The first-order valence-electron chi connectivity index (χ1n) is 7.20. The molecule has 1 aliphatic carbocycles. The normalized spacial score (nSPS) is 14.6. The molecule has 0 amide bonds. The molecule has 0 aliphatic heterocycles. The highest BCUT2D eigenvalue weighted by atomic mass is 16.4. The molecule has 112 valence electrons. The van der Waals surface area contributed by atoms with Gasteiger partial charge in [-0.25, -0.2) is 9.67 Å². The van der Waals surface area contributed by atoms with Gasteiger partial charge in [-0.3, -0.25) is 9.48 Å². The number of aliphatic carboxylic acids is 1. The van der Waals surface area contributed by atoms with E-state index in [2.05, 4.69) is 15.2 Å². The Bertz CT molecular complexity index is 875. The van der Waals surface area contributed by atoms with E-state index in [9.17, 15) is 4.79 Å². The van der Waals surface area contributed by atoms with Crippen LogP contribution in [0.25, 0.3) is 22.3 Å². The van der Waals surface area contributed by atoms with Crippen LogP contribution in [0.2, 0.25) is 0 Å². The average Bonchev–Trinajstić information content (AvgIpc) is 3.15. The molecule has 22 heavy (non-hydrogen) atoms. The van der Waals surface area contributed by atoms with Gasteiger partial charge >= 0.3 is 5.97 Å². The van der Waals surface area contributed by atoms with Crippen molar-refractivity contribution in [3.63, 3.8) is 0 Å². The van der Waals surface area contributed by atoms with E-state index in [1.807, 2.05) is 19.2 Å². The molecule has 0 bridgehead atoms. The van der Waals surface area contributed by atoms with Crippen LogP contribution in [0.15, 0.2) is 24.5 Å². The molecule has 1 fully saturated rings. The highest BCUT2D eigenvalue weighted by Crippen LogP contribution is 2.44. The number of carbonyl (C=O) groups is 1. The number of carboxylic acid groups (broad SMARTS) is 1. The second-order valence-electron chi connectivity index (χ2n) is 5.61. The van der Waals surface area contributed by atoms with Gasteiger partial charge in [0.05, 0.1) is 16.8 Å². The highest BCUT2D eigenvalue weighted by molar-refractivity contribution is 5.95. The van der Waals surface area contributed by atoms with Gasteiger partial charge in [-0.2, -0.15) is 10.2 Å². The molecule has 0 aromatic carbocycles. The minimum absolute atomic E-state index is 0.176. The summed E-state index contributed by atoms with van der Waals surface area (Å²) in [4.78, 5) is 15.4. The van der Waals surface area contributed by atoms with Crippen molar-refractivity contribution < 1.29 is 9.90 Å². The van der Waals surface area contributed by atoms with Gasteiger partial charge < -0.3 is 5.11 Å². The molecule has 7 heteroatoms. The molecule has 1 N–H and O–H groups in total. The molecule has 0 saturated heterocycles. The number of nitrogens with zero attached hydrogens (tertiary/aromatic N) is 5. The zero-order chi connectivity index (χ0) is 15.3. The molecule has 1 saturated carbocycles. The summed E-state index contributed by atoms with van der Waals surface area (Å²) in [7, 11) is 1.89. The number of rotatable bonds is 4. The monoisotopic (exact) mass is 297 g/mol. The highest BCUT2D eigenvalue weighted by Gasteiger charge is 2.31. The van der Waals surface area contributed by atoms with E-state index >= 15 is 0 Å². The number of aromatic nitrogens is 5. The maximum atomic E-state index is 11.1. The Hall–Kier alpha value is -2.70. The van der Waals surface area contributed by atoms with Crippen LogP contribution in [0, 0.1) is 0 Å². The number of hydrogen-bond donors (Lipinski definition) is 1. The van der Waals surface area contributed by atoms with E-state index in [0.717, 1.165) is 35.2 Å². The largest absolute Gasteiger partial charge is 0.480 e. The van der Waals surface area contributed by atoms with Crippen molar-refractivity contribution >= 4 is 17.0 Å². The SMILES string of the molecule is Cn1nccc1-c1ccnc2c1c(C1CC1)nn2CC(=O)O. The summed E-state index contributed by atoms with van der Waals surface area (Å²) in [6.07, 6.45) is 5.64. The standard InChI is InChI=1S/C15H15N5O2/c1-19-11(5-7-17-19)10-4-6-16-15-13(10)14(9-2-3-9)18-20(15)8-12(21)22/h4-7,9H,2-3,8H2,1H3,(H,21,22). The summed E-state index contributed by atoms with van der Waals surface area (Å²) < 4.78 is 3.30. The quantitative estimate of drug-likeness (QED) is 0.793. The number of fused-ring (bicyclic) bond motifs is 1. The molecule has 0 unspecified atom stereocenters. The molecular weight excluding hydrogens is 282 g/mol. The van der Waals surface area contributed by atoms with Gasteiger partial charge in [0.1, 0.15) is 6.54 Å². The van der Waals surface area contributed by atoms with Crippen LogP contribution in [-0.4, -0.2) is 35.6 Å². The Morgan fingerprint density at radius 1 is 1.36 bits per heavy atom. The molecule has 3 aromatic heterocycles. The number of hydrogen-bond acceptors (Lipinski definition) is 4. The lowest BCUT2D eigenvalue weighted by molar-refractivity contribution is -0.137. The van der Waals surface area contributed by atoms with Crippen LogP contribution in [0.5, 0.6) is 0 Å². The third-order valence-corrected chi connectivity index (χ3v) is 4.01. The summed E-state index contributed by atoms with van der Waals surface area (Å²) >= 11 is 0. The Balaban J connectivity index is 2.00. The van der Waals surface area contributed by atoms with E-state index in [0.29, 0.717) is 11.6 Å². The lowest BCUT2D eigenvalue weighted by Gasteiger charge is -2.05. The zero-order valence-electron chi connectivity index (χ0n) is 12.1. The van der Waals surface area contributed by atoms with E-state index in [1.54, 1.807) is 17.1 Å². The second-order valence-corrected chi connectivity index (χ2v) is 5.61. The molecular formula is C15H15N5O2. The topological polar surface area (TPSA) is 85.8 Å². The van der Waals surface area contributed by atoms with Crippen LogP contribution in [0.4, 0.5) is 0 Å². The van der Waals surface area contributed by atoms with Gasteiger partial charge in [0, 0.05) is 30.9 Å². The van der Waals surface area contributed by atoms with Crippen LogP contribution in [0.1, 0.15) is 24.5 Å². The van der Waals surface area contributed by atoms with Crippen molar-refractivity contribution in [1.82, 2.24) is 24.5 Å². The first-order valence-corrected chi connectivity index (χ1v) is 7.20. The Morgan fingerprint density at radius 2 is 2.18 bits per heavy atom. The third kappa shape index (κ3) is 1.97. The summed E-state index contributed by atoms with van der Waals surface area (Å²) in [5, 5.41) is 18.8. The summed E-state index contributed by atoms with van der Waals surface area (Å²) in [5.41, 5.74) is 3.57. The average molecular weight is 297 g/mol. The molecule has 3 aromatic rings. The molecule has 0 radical (unpaired) electrons. The predicted molar refractivity (Wildman–Crippen MR) is 79.3 cm³/mol. The summed E-state index contributed by atoms with van der Waals surface area (Å²) in [6, 6.07) is 3.89. The molecule has 0 spiro atoms. The van der Waals surface area contributed by atoms with Crippen LogP contribution >= 0.6 is 0 Å². The summed E-state index contributed by atoms with van der Waals surface area (Å²) in [6.45, 7) is -0.176. The minimum atomic E-state index is -0.917. The zero-order valence-corrected chi connectivity index (χ0v) is 12.1. The van der Waals surface area contributed by atoms with Crippen LogP contribution in [-0.2, 0) is 18.4 Å². The fourth-order valence-corrected chi connectivity index (χ4v) is 2.86. The van der Waals surface area contributed by atoms with Gasteiger partial charge in [-0.05, 0) is 25.0 Å². The Kier molecular flexibility index (Phi) is 2.75. The number of pyridine rings is 1. The molecule has 7 nitrogen and oxygen atoms in total. The van der Waals surface area contributed by atoms with E-state index in [1.165, 1.54) is 4.68 Å². The number of carboxylic acids is 1. The van der Waals surface area contributed by atoms with Gasteiger partial charge in [-0.15, -0.1) is 0 Å². The third-order valence-electron chi connectivity index (χ3n) is 4.01. The van der Waals surface area contributed by atoms with Crippen LogP contribution in [0.3, 0.4) is 0 Å². The molecule has 1 aliphatic rings. The van der Waals surface area contributed by atoms with Crippen molar-refractivity contribution in [3.05, 3.63) is 30.2 Å². The lowest BCUT2D eigenvalue weighted by Crippen LogP contribution is -2.10.